The number of alkyl halides is 1. The summed E-state index contributed by atoms with van der Waals surface area (Å²) in [6.45, 7) is 17.7. The van der Waals surface area contributed by atoms with Gasteiger partial charge in [0.05, 0.1) is 28.2 Å². The Morgan fingerprint density at radius 3 is 2.29 bits per heavy atom. The smallest absolute Gasteiger partial charge is 0.246 e. The van der Waals surface area contributed by atoms with Crippen LogP contribution >= 0.6 is 11.3 Å². The van der Waals surface area contributed by atoms with E-state index in [2.05, 4.69) is 30.4 Å². The number of carbonyl (C=O) groups excluding carboxylic acids is 3. The molecule has 0 aliphatic carbocycles. The SMILES string of the molecule is Cc1ncsc1-c1ccc(CNC(=O)[C@@H]2C[C@@H](O)CN2C(=O)[C@@H](NC(=O)CCCCN2CCN(CCOc3cc(F)c([C@@H]4c5[nH]c6ccccc6c5C[C@@H](C)N4CC(C)(C)F)c(F)c3)CC2)C(C)(C)C)cc1. The van der Waals surface area contributed by atoms with E-state index in [1.165, 1.54) is 30.9 Å². The van der Waals surface area contributed by atoms with Gasteiger partial charge in [0.25, 0.3) is 0 Å². The van der Waals surface area contributed by atoms with Gasteiger partial charge in [-0.05, 0) is 81.7 Å². The number of rotatable bonds is 18. The number of aryl methyl sites for hydroxylation is 1. The number of fused-ring (bicyclic) bond motifs is 3. The molecule has 5 atom stereocenters. The maximum Gasteiger partial charge on any atom is 0.246 e. The zero-order chi connectivity index (χ0) is 51.5. The fourth-order valence-corrected chi connectivity index (χ4v) is 11.4. The minimum absolute atomic E-state index is 0.00181. The van der Waals surface area contributed by atoms with Crippen molar-refractivity contribution in [2.45, 2.75) is 123 Å². The van der Waals surface area contributed by atoms with Crippen molar-refractivity contribution < 1.29 is 37.4 Å². The van der Waals surface area contributed by atoms with E-state index >= 15 is 13.2 Å². The molecule has 0 unspecified atom stereocenters. The van der Waals surface area contributed by atoms with Crippen LogP contribution in [0.3, 0.4) is 0 Å². The Hall–Kier alpha value is -5.33. The molecule has 17 heteroatoms. The maximum absolute atomic E-state index is 16.2. The van der Waals surface area contributed by atoms with Gasteiger partial charge < -0.3 is 35.3 Å². The van der Waals surface area contributed by atoms with Crippen LogP contribution in [0.4, 0.5) is 13.2 Å². The van der Waals surface area contributed by atoms with E-state index in [4.69, 9.17) is 4.74 Å². The molecule has 3 amide bonds. The van der Waals surface area contributed by atoms with Crippen molar-refractivity contribution in [3.8, 4) is 16.2 Å². The number of aliphatic hydroxyl groups is 1. The molecule has 0 bridgehead atoms. The van der Waals surface area contributed by atoms with E-state index < -0.39 is 52.9 Å². The van der Waals surface area contributed by atoms with Crippen LogP contribution in [-0.2, 0) is 27.3 Å². The molecule has 2 aromatic heterocycles. The molecule has 5 heterocycles. The minimum atomic E-state index is -1.59. The number of aromatic amines is 1. The first-order valence-electron chi connectivity index (χ1n) is 25.4. The van der Waals surface area contributed by atoms with Crippen molar-refractivity contribution in [1.82, 2.24) is 40.2 Å². The van der Waals surface area contributed by atoms with Crippen LogP contribution in [0.15, 0.2) is 66.2 Å². The number of nitrogens with zero attached hydrogens (tertiary/aromatic N) is 5. The molecule has 72 heavy (non-hydrogen) atoms. The Morgan fingerprint density at radius 1 is 0.958 bits per heavy atom. The lowest BCUT2D eigenvalue weighted by Gasteiger charge is -2.43. The third-order valence-electron chi connectivity index (χ3n) is 14.4. The molecule has 2 fully saturated rings. The number of unbranched alkanes of at least 4 members (excludes halogenated alkanes) is 1. The number of para-hydroxylation sites is 1. The Kier molecular flexibility index (Phi) is 16.5. The van der Waals surface area contributed by atoms with Crippen LogP contribution < -0.4 is 15.4 Å². The number of H-pyrrole nitrogens is 1. The molecular formula is C55H71F3N8O5S. The molecule has 3 aromatic carbocycles. The number of carbonyl (C=O) groups is 3. The number of hydrogen-bond acceptors (Lipinski definition) is 10. The number of likely N-dealkylation sites (tertiary alicyclic amines) is 1. The van der Waals surface area contributed by atoms with Gasteiger partial charge >= 0.3 is 0 Å². The number of aromatic nitrogens is 2. The zero-order valence-corrected chi connectivity index (χ0v) is 43.5. The van der Waals surface area contributed by atoms with Crippen LogP contribution in [-0.4, -0.2) is 141 Å². The van der Waals surface area contributed by atoms with Crippen molar-refractivity contribution >= 4 is 40.0 Å². The largest absolute Gasteiger partial charge is 0.492 e. The molecule has 388 valence electrons. The van der Waals surface area contributed by atoms with Crippen molar-refractivity contribution in [1.29, 1.82) is 0 Å². The summed E-state index contributed by atoms with van der Waals surface area (Å²) in [7, 11) is 0. The highest BCUT2D eigenvalue weighted by Crippen LogP contribution is 2.44. The lowest BCUT2D eigenvalue weighted by molar-refractivity contribution is -0.144. The normalized spacial score (nSPS) is 20.7. The molecule has 4 N–H and O–H groups in total. The molecular weight excluding hydrogens is 942 g/mol. The number of nitrogens with one attached hydrogen (secondary N) is 3. The van der Waals surface area contributed by atoms with Crippen LogP contribution in [0.1, 0.15) is 101 Å². The van der Waals surface area contributed by atoms with E-state index in [9.17, 15) is 19.5 Å². The van der Waals surface area contributed by atoms with Crippen molar-refractivity contribution in [3.05, 3.63) is 106 Å². The second kappa shape index (κ2) is 22.4. The lowest BCUT2D eigenvalue weighted by atomic mass is 9.85. The van der Waals surface area contributed by atoms with Gasteiger partial charge in [0.1, 0.15) is 41.7 Å². The number of ether oxygens (including phenoxy) is 1. The first-order valence-corrected chi connectivity index (χ1v) is 26.3. The van der Waals surface area contributed by atoms with Gasteiger partial charge in [0, 0.05) is 106 Å². The topological polar surface area (TPSA) is 146 Å². The fourth-order valence-electron chi connectivity index (χ4n) is 10.6. The van der Waals surface area contributed by atoms with Gasteiger partial charge in [-0.3, -0.25) is 24.2 Å². The highest BCUT2D eigenvalue weighted by Gasteiger charge is 2.45. The molecule has 2 saturated heterocycles. The Balaban J connectivity index is 0.767. The summed E-state index contributed by atoms with van der Waals surface area (Å²) in [5, 5.41) is 17.6. The lowest BCUT2D eigenvalue weighted by Crippen LogP contribution is -2.57. The average Bonchev–Trinajstić information content (AvgIpc) is 4.05. The van der Waals surface area contributed by atoms with Crippen molar-refractivity contribution in [2.75, 3.05) is 59.0 Å². The molecule has 3 aliphatic rings. The Bertz CT molecular complexity index is 2670. The minimum Gasteiger partial charge on any atom is -0.492 e. The van der Waals surface area contributed by atoms with E-state index in [-0.39, 0.29) is 68.3 Å². The summed E-state index contributed by atoms with van der Waals surface area (Å²) in [6, 6.07) is 15.4. The van der Waals surface area contributed by atoms with Gasteiger partial charge in [0.2, 0.25) is 17.7 Å². The third-order valence-corrected chi connectivity index (χ3v) is 15.4. The molecule has 0 saturated carbocycles. The fraction of sp³-hybridized carbons (Fsp3) is 0.527. The van der Waals surface area contributed by atoms with E-state index in [1.54, 1.807) is 11.3 Å². The van der Waals surface area contributed by atoms with E-state index in [0.29, 0.717) is 25.1 Å². The quantitative estimate of drug-likeness (QED) is 0.0643. The summed E-state index contributed by atoms with van der Waals surface area (Å²) in [5.74, 6) is -2.35. The summed E-state index contributed by atoms with van der Waals surface area (Å²) in [5.41, 5.74) is 4.91. The monoisotopic (exact) mass is 1010 g/mol. The molecule has 0 spiro atoms. The molecule has 13 nitrogen and oxygen atoms in total. The molecule has 0 radical (unpaired) electrons. The number of thiazole rings is 1. The summed E-state index contributed by atoms with van der Waals surface area (Å²) in [6.07, 6.45) is 1.54. The number of benzene rings is 3. The van der Waals surface area contributed by atoms with Gasteiger partial charge in [-0.1, -0.05) is 63.2 Å². The summed E-state index contributed by atoms with van der Waals surface area (Å²) in [4.78, 5) is 57.7. The van der Waals surface area contributed by atoms with Crippen LogP contribution in [0.5, 0.6) is 5.75 Å². The Labute approximate surface area is 425 Å². The predicted molar refractivity (Wildman–Crippen MR) is 275 cm³/mol. The highest BCUT2D eigenvalue weighted by atomic mass is 32.1. The van der Waals surface area contributed by atoms with Gasteiger partial charge in [-0.15, -0.1) is 11.3 Å². The molecule has 5 aromatic rings. The highest BCUT2D eigenvalue weighted by molar-refractivity contribution is 7.13. The van der Waals surface area contributed by atoms with Crippen LogP contribution in [0, 0.1) is 24.0 Å². The van der Waals surface area contributed by atoms with Crippen LogP contribution in [0.25, 0.3) is 21.3 Å². The number of halogens is 3. The second-order valence-corrected chi connectivity index (χ2v) is 22.5. The third kappa shape index (κ3) is 12.5. The standard InChI is InChI=1S/C55H71F3N8O5S/c1-34-26-41-40-12-8-9-13-44(40)61-48(41)49(66(34)32-55(6,7)58)47-42(56)28-39(29-43(47)57)71-25-24-64-22-20-63(21-23-64)19-11-10-14-46(68)62-51(54(3,4)5)53(70)65-31-38(67)27-45(65)52(69)59-30-36-15-17-37(18-16-36)50-35(2)60-33-72-50/h8-9,12-13,15-18,28-29,33-34,38,45,49,51,61,67H,10-11,14,19-27,30-32H2,1-7H3,(H,59,69)(H,62,68)/t34-,38-,45+,49-,51-/m1/s1. The molecule has 8 rings (SSSR count). The van der Waals surface area contributed by atoms with E-state index in [0.717, 1.165) is 77.3 Å². The van der Waals surface area contributed by atoms with Gasteiger partial charge in [-0.2, -0.15) is 0 Å². The van der Waals surface area contributed by atoms with Crippen LogP contribution in [0.2, 0.25) is 0 Å². The zero-order valence-electron chi connectivity index (χ0n) is 42.7. The number of amides is 3. The molecule has 3 aliphatic heterocycles. The number of piperazine rings is 1. The summed E-state index contributed by atoms with van der Waals surface area (Å²) >= 11 is 1.57. The number of aliphatic hydroxyl groups excluding tert-OH is 1. The average molecular weight is 1010 g/mol. The first-order chi connectivity index (χ1) is 34.2. The second-order valence-electron chi connectivity index (χ2n) is 21.6. The van der Waals surface area contributed by atoms with Crippen molar-refractivity contribution in [2.24, 2.45) is 5.41 Å². The van der Waals surface area contributed by atoms with Gasteiger partial charge in [0.15, 0.2) is 0 Å². The van der Waals surface area contributed by atoms with Crippen molar-refractivity contribution in [3.63, 3.8) is 0 Å². The summed E-state index contributed by atoms with van der Waals surface area (Å²) < 4.78 is 53.5. The predicted octanol–water partition coefficient (Wildman–Crippen LogP) is 7.94. The number of β-amino-alcohol motifs (C(OH)–C–C–N with tert-alkyl or cyclic N) is 1. The van der Waals surface area contributed by atoms with E-state index in [1.807, 2.05) is 93.6 Å². The van der Waals surface area contributed by atoms with Gasteiger partial charge in [-0.25, -0.2) is 18.2 Å². The maximum atomic E-state index is 16.2. The number of hydrogen-bond donors (Lipinski definition) is 4. The first kappa shape index (κ1) is 53.0. The Morgan fingerprint density at radius 2 is 1.64 bits per heavy atom.